The Kier molecular flexibility index (Phi) is 4.61. The van der Waals surface area contributed by atoms with Crippen molar-refractivity contribution in [3.8, 4) is 5.75 Å². The Balaban J connectivity index is 2.11. The molecule has 1 aromatic rings. The third kappa shape index (κ3) is 3.10. The van der Waals surface area contributed by atoms with Crippen molar-refractivity contribution in [3.63, 3.8) is 0 Å². The molecule has 0 bridgehead atoms. The standard InChI is InChI=1S/C15H20N2O3/c1-3-4-5-9-16-15(19)11-7-6-8-12-13(11)20-10(2)14(18)17-12/h6-8,10H,3-5,9H2,1-2H3,(H,16,19)(H,17,18). The molecular weight excluding hydrogens is 256 g/mol. The summed E-state index contributed by atoms with van der Waals surface area (Å²) >= 11 is 0. The molecule has 1 unspecified atom stereocenters. The van der Waals surface area contributed by atoms with E-state index in [1.165, 1.54) is 0 Å². The number of carbonyl (C=O) groups is 2. The molecule has 1 atom stereocenters. The molecule has 5 heteroatoms. The Morgan fingerprint density at radius 2 is 2.20 bits per heavy atom. The third-order valence-electron chi connectivity index (χ3n) is 3.25. The van der Waals surface area contributed by atoms with Crippen LogP contribution in [0.5, 0.6) is 5.75 Å². The van der Waals surface area contributed by atoms with Crippen molar-refractivity contribution in [2.45, 2.75) is 39.2 Å². The molecule has 0 fully saturated rings. The number of rotatable bonds is 5. The van der Waals surface area contributed by atoms with Crippen LogP contribution in [-0.4, -0.2) is 24.5 Å². The van der Waals surface area contributed by atoms with Crippen LogP contribution < -0.4 is 15.4 Å². The van der Waals surface area contributed by atoms with Crippen LogP contribution in [0.3, 0.4) is 0 Å². The number of hydrogen-bond acceptors (Lipinski definition) is 3. The summed E-state index contributed by atoms with van der Waals surface area (Å²) in [4.78, 5) is 23.7. The van der Waals surface area contributed by atoms with E-state index in [9.17, 15) is 9.59 Å². The number of ether oxygens (including phenoxy) is 1. The van der Waals surface area contributed by atoms with Crippen LogP contribution in [0.15, 0.2) is 18.2 Å². The predicted molar refractivity (Wildman–Crippen MR) is 77.0 cm³/mol. The number of carbonyl (C=O) groups excluding carboxylic acids is 2. The minimum atomic E-state index is -0.587. The zero-order chi connectivity index (χ0) is 14.5. The summed E-state index contributed by atoms with van der Waals surface area (Å²) in [6.07, 6.45) is 2.59. The van der Waals surface area contributed by atoms with Crippen molar-refractivity contribution in [1.82, 2.24) is 5.32 Å². The highest BCUT2D eigenvalue weighted by atomic mass is 16.5. The third-order valence-corrected chi connectivity index (χ3v) is 3.25. The van der Waals surface area contributed by atoms with Gasteiger partial charge in [-0.25, -0.2) is 0 Å². The van der Waals surface area contributed by atoms with Crippen LogP contribution in [0.2, 0.25) is 0 Å². The summed E-state index contributed by atoms with van der Waals surface area (Å²) in [6.45, 7) is 4.43. The summed E-state index contributed by atoms with van der Waals surface area (Å²) < 4.78 is 5.55. The number of unbranched alkanes of at least 4 members (excludes halogenated alkanes) is 2. The van der Waals surface area contributed by atoms with E-state index in [1.54, 1.807) is 25.1 Å². The summed E-state index contributed by atoms with van der Waals surface area (Å²) in [7, 11) is 0. The molecule has 20 heavy (non-hydrogen) atoms. The fourth-order valence-corrected chi connectivity index (χ4v) is 2.08. The first-order valence-electron chi connectivity index (χ1n) is 7.02. The maximum absolute atomic E-state index is 12.2. The lowest BCUT2D eigenvalue weighted by Crippen LogP contribution is -2.36. The molecule has 1 aliphatic heterocycles. The van der Waals surface area contributed by atoms with Crippen LogP contribution >= 0.6 is 0 Å². The Morgan fingerprint density at radius 3 is 2.95 bits per heavy atom. The maximum Gasteiger partial charge on any atom is 0.265 e. The number of amides is 2. The molecule has 1 aromatic carbocycles. The number of para-hydroxylation sites is 1. The number of hydrogen-bond donors (Lipinski definition) is 2. The minimum absolute atomic E-state index is 0.165. The van der Waals surface area contributed by atoms with Crippen molar-refractivity contribution in [1.29, 1.82) is 0 Å². The van der Waals surface area contributed by atoms with Crippen LogP contribution in [0.25, 0.3) is 0 Å². The SMILES string of the molecule is CCCCCNC(=O)c1cccc2c1OC(C)C(=O)N2. The zero-order valence-electron chi connectivity index (χ0n) is 11.9. The molecule has 0 aliphatic carbocycles. The lowest BCUT2D eigenvalue weighted by atomic mass is 10.1. The smallest absolute Gasteiger partial charge is 0.265 e. The fraction of sp³-hybridized carbons (Fsp3) is 0.467. The van der Waals surface area contributed by atoms with Crippen LogP contribution in [0.1, 0.15) is 43.5 Å². The van der Waals surface area contributed by atoms with Gasteiger partial charge < -0.3 is 15.4 Å². The van der Waals surface area contributed by atoms with E-state index < -0.39 is 6.10 Å². The van der Waals surface area contributed by atoms with Crippen molar-refractivity contribution in [2.75, 3.05) is 11.9 Å². The first-order valence-corrected chi connectivity index (χ1v) is 7.02. The Morgan fingerprint density at radius 1 is 1.40 bits per heavy atom. The average molecular weight is 276 g/mol. The highest BCUT2D eigenvalue weighted by molar-refractivity contribution is 6.03. The van der Waals surface area contributed by atoms with Crippen LogP contribution in [-0.2, 0) is 4.79 Å². The summed E-state index contributed by atoms with van der Waals surface area (Å²) in [5.74, 6) is 0.0897. The van der Waals surface area contributed by atoms with Crippen molar-refractivity contribution in [2.24, 2.45) is 0 Å². The van der Waals surface area contributed by atoms with E-state index in [0.717, 1.165) is 19.3 Å². The molecule has 5 nitrogen and oxygen atoms in total. The van der Waals surface area contributed by atoms with E-state index >= 15 is 0 Å². The number of benzene rings is 1. The number of fused-ring (bicyclic) bond motifs is 1. The van der Waals surface area contributed by atoms with Crippen LogP contribution in [0, 0.1) is 0 Å². The van der Waals surface area contributed by atoms with Gasteiger partial charge in [0, 0.05) is 6.54 Å². The van der Waals surface area contributed by atoms with Gasteiger partial charge >= 0.3 is 0 Å². The molecule has 0 radical (unpaired) electrons. The molecule has 0 spiro atoms. The van der Waals surface area contributed by atoms with Crippen molar-refractivity contribution < 1.29 is 14.3 Å². The monoisotopic (exact) mass is 276 g/mol. The molecule has 1 aliphatic rings. The van der Waals surface area contributed by atoms with E-state index in [2.05, 4.69) is 17.6 Å². The lowest BCUT2D eigenvalue weighted by molar-refractivity contribution is -0.122. The molecule has 1 heterocycles. The topological polar surface area (TPSA) is 67.4 Å². The molecule has 0 saturated heterocycles. The van der Waals surface area contributed by atoms with Crippen LogP contribution in [0.4, 0.5) is 5.69 Å². The highest BCUT2D eigenvalue weighted by Gasteiger charge is 2.27. The highest BCUT2D eigenvalue weighted by Crippen LogP contribution is 2.33. The summed E-state index contributed by atoms with van der Waals surface area (Å²) in [5, 5.41) is 5.62. The second-order valence-corrected chi connectivity index (χ2v) is 4.89. The predicted octanol–water partition coefficient (Wildman–Crippen LogP) is 2.33. The minimum Gasteiger partial charge on any atom is -0.478 e. The maximum atomic E-state index is 12.2. The van der Waals surface area contributed by atoms with Gasteiger partial charge in [0.1, 0.15) is 0 Å². The van der Waals surface area contributed by atoms with Gasteiger partial charge in [0.25, 0.3) is 11.8 Å². The van der Waals surface area contributed by atoms with Gasteiger partial charge in [0.05, 0.1) is 11.3 Å². The molecule has 2 N–H and O–H groups in total. The van der Waals surface area contributed by atoms with Crippen molar-refractivity contribution in [3.05, 3.63) is 23.8 Å². The lowest BCUT2D eigenvalue weighted by Gasteiger charge is -2.25. The Labute approximate surface area is 118 Å². The normalized spacial score (nSPS) is 16.9. The molecule has 0 saturated carbocycles. The van der Waals surface area contributed by atoms with Gasteiger partial charge in [0.2, 0.25) is 0 Å². The average Bonchev–Trinajstić information content (AvgIpc) is 2.44. The molecule has 2 rings (SSSR count). The van der Waals surface area contributed by atoms with E-state index in [-0.39, 0.29) is 11.8 Å². The summed E-state index contributed by atoms with van der Waals surface area (Å²) in [6, 6.07) is 5.17. The zero-order valence-corrected chi connectivity index (χ0v) is 11.9. The first kappa shape index (κ1) is 14.4. The van der Waals surface area contributed by atoms with E-state index in [4.69, 9.17) is 4.74 Å². The number of anilines is 1. The van der Waals surface area contributed by atoms with E-state index in [0.29, 0.717) is 23.5 Å². The van der Waals surface area contributed by atoms with Crippen molar-refractivity contribution >= 4 is 17.5 Å². The molecule has 108 valence electrons. The largest absolute Gasteiger partial charge is 0.478 e. The second kappa shape index (κ2) is 6.41. The Bertz CT molecular complexity index is 514. The first-order chi connectivity index (χ1) is 9.63. The summed E-state index contributed by atoms with van der Waals surface area (Å²) in [5.41, 5.74) is 1.01. The van der Waals surface area contributed by atoms with Gasteiger partial charge in [-0.1, -0.05) is 25.8 Å². The molecule has 2 amide bonds. The quantitative estimate of drug-likeness (QED) is 0.811. The molecule has 0 aromatic heterocycles. The van der Waals surface area contributed by atoms with Gasteiger partial charge in [0.15, 0.2) is 11.9 Å². The van der Waals surface area contributed by atoms with Gasteiger partial charge in [-0.3, -0.25) is 9.59 Å². The second-order valence-electron chi connectivity index (χ2n) is 4.89. The fourth-order valence-electron chi connectivity index (χ4n) is 2.08. The van der Waals surface area contributed by atoms with E-state index in [1.807, 2.05) is 0 Å². The number of nitrogens with one attached hydrogen (secondary N) is 2. The van der Waals surface area contributed by atoms with Gasteiger partial charge in [-0.15, -0.1) is 0 Å². The molecular formula is C15H20N2O3. The van der Waals surface area contributed by atoms with Gasteiger partial charge in [-0.05, 0) is 25.5 Å². The Hall–Kier alpha value is -2.04. The van der Waals surface area contributed by atoms with Gasteiger partial charge in [-0.2, -0.15) is 0 Å².